The van der Waals surface area contributed by atoms with Gasteiger partial charge in [-0.25, -0.2) is 4.79 Å². The Morgan fingerprint density at radius 1 is 1.10 bits per heavy atom. The van der Waals surface area contributed by atoms with Crippen molar-refractivity contribution in [2.24, 2.45) is 0 Å². The normalized spacial score (nSPS) is 29.3. The van der Waals surface area contributed by atoms with E-state index in [2.05, 4.69) is 4.90 Å². The fraction of sp³-hybridized carbons (Fsp3) is 0.933. The molecule has 1 heterocycles. The maximum atomic E-state index is 12.0. The van der Waals surface area contributed by atoms with E-state index in [0.717, 1.165) is 32.4 Å². The molecule has 2 unspecified atom stereocenters. The summed E-state index contributed by atoms with van der Waals surface area (Å²) in [5.41, 5.74) is -0.437. The Kier molecular flexibility index (Phi) is 4.91. The molecule has 1 amide bonds. The third kappa shape index (κ3) is 4.09. The third-order valence-corrected chi connectivity index (χ3v) is 4.13. The number of nitrogens with zero attached hydrogens (tertiary/aromatic N) is 2. The van der Waals surface area contributed by atoms with Crippen LogP contribution in [0.3, 0.4) is 0 Å². The smallest absolute Gasteiger partial charge is 0.410 e. The van der Waals surface area contributed by atoms with Crippen molar-refractivity contribution in [3.63, 3.8) is 0 Å². The number of carbonyl (C=O) groups is 1. The molecule has 1 aliphatic heterocycles. The van der Waals surface area contributed by atoms with Crippen LogP contribution in [0.15, 0.2) is 0 Å². The molecular formula is C15H28N2O3. The zero-order valence-electron chi connectivity index (χ0n) is 13.0. The van der Waals surface area contributed by atoms with Crippen LogP contribution in [0.2, 0.25) is 0 Å². The van der Waals surface area contributed by atoms with Gasteiger partial charge in [0.05, 0.1) is 6.10 Å². The Morgan fingerprint density at radius 3 is 2.25 bits per heavy atom. The zero-order valence-corrected chi connectivity index (χ0v) is 13.0. The Labute approximate surface area is 121 Å². The lowest BCUT2D eigenvalue weighted by Gasteiger charge is -2.42. The Bertz CT molecular complexity index is 333. The van der Waals surface area contributed by atoms with Crippen molar-refractivity contribution in [3.8, 4) is 0 Å². The topological polar surface area (TPSA) is 53.0 Å². The summed E-state index contributed by atoms with van der Waals surface area (Å²) in [4.78, 5) is 16.1. The molecule has 2 atom stereocenters. The summed E-state index contributed by atoms with van der Waals surface area (Å²) in [6, 6.07) is 0.282. The quantitative estimate of drug-likeness (QED) is 0.798. The Morgan fingerprint density at radius 2 is 1.70 bits per heavy atom. The number of hydrogen-bond acceptors (Lipinski definition) is 4. The van der Waals surface area contributed by atoms with Crippen molar-refractivity contribution in [3.05, 3.63) is 0 Å². The number of hydrogen-bond donors (Lipinski definition) is 1. The maximum absolute atomic E-state index is 12.0. The lowest BCUT2D eigenvalue weighted by atomic mass is 9.91. The van der Waals surface area contributed by atoms with Crippen LogP contribution in [0.5, 0.6) is 0 Å². The van der Waals surface area contributed by atoms with Gasteiger partial charge in [0.1, 0.15) is 5.60 Å². The van der Waals surface area contributed by atoms with Crippen molar-refractivity contribution in [1.82, 2.24) is 9.80 Å². The zero-order chi connectivity index (χ0) is 14.8. The van der Waals surface area contributed by atoms with Crippen molar-refractivity contribution in [1.29, 1.82) is 0 Å². The van der Waals surface area contributed by atoms with Crippen LogP contribution >= 0.6 is 0 Å². The maximum Gasteiger partial charge on any atom is 0.410 e. The highest BCUT2D eigenvalue weighted by Gasteiger charge is 2.32. The van der Waals surface area contributed by atoms with Crippen LogP contribution in [-0.2, 0) is 4.74 Å². The molecule has 2 aliphatic rings. The van der Waals surface area contributed by atoms with Gasteiger partial charge in [0, 0.05) is 32.2 Å². The van der Waals surface area contributed by atoms with Gasteiger partial charge in [-0.2, -0.15) is 0 Å². The summed E-state index contributed by atoms with van der Waals surface area (Å²) in [6.45, 7) is 8.72. The molecule has 0 spiro atoms. The monoisotopic (exact) mass is 284 g/mol. The molecule has 0 bridgehead atoms. The number of aliphatic hydroxyl groups is 1. The van der Waals surface area contributed by atoms with Crippen molar-refractivity contribution < 1.29 is 14.6 Å². The van der Waals surface area contributed by atoms with Gasteiger partial charge in [0.15, 0.2) is 0 Å². The minimum absolute atomic E-state index is 0.197. The average Bonchev–Trinajstić information content (AvgIpc) is 2.37. The lowest BCUT2D eigenvalue weighted by molar-refractivity contribution is -0.0161. The van der Waals surface area contributed by atoms with E-state index in [-0.39, 0.29) is 18.2 Å². The van der Waals surface area contributed by atoms with Gasteiger partial charge in [0.2, 0.25) is 0 Å². The summed E-state index contributed by atoms with van der Waals surface area (Å²) in [7, 11) is 0. The second-order valence-electron chi connectivity index (χ2n) is 6.92. The van der Waals surface area contributed by atoms with E-state index in [1.54, 1.807) is 4.90 Å². The highest BCUT2D eigenvalue weighted by molar-refractivity contribution is 5.68. The Hall–Kier alpha value is -0.810. The molecule has 0 aromatic heterocycles. The molecule has 1 aliphatic carbocycles. The predicted octanol–water partition coefficient (Wildman–Crippen LogP) is 1.84. The Balaban J connectivity index is 1.81. The van der Waals surface area contributed by atoms with Crippen LogP contribution in [0, 0.1) is 0 Å². The lowest BCUT2D eigenvalue weighted by Crippen LogP contribution is -2.56. The first kappa shape index (κ1) is 15.6. The first-order valence-electron chi connectivity index (χ1n) is 7.77. The second-order valence-corrected chi connectivity index (χ2v) is 6.92. The molecule has 2 rings (SSSR count). The first-order valence-corrected chi connectivity index (χ1v) is 7.77. The van der Waals surface area contributed by atoms with E-state index in [4.69, 9.17) is 4.74 Å². The molecule has 1 N–H and O–H groups in total. The number of amides is 1. The number of aliphatic hydroxyl groups excluding tert-OH is 1. The van der Waals surface area contributed by atoms with E-state index in [0.29, 0.717) is 13.1 Å². The van der Waals surface area contributed by atoms with Gasteiger partial charge in [-0.3, -0.25) is 4.90 Å². The summed E-state index contributed by atoms with van der Waals surface area (Å²) >= 11 is 0. The predicted molar refractivity (Wildman–Crippen MR) is 77.6 cm³/mol. The van der Waals surface area contributed by atoms with E-state index >= 15 is 0 Å². The van der Waals surface area contributed by atoms with Crippen LogP contribution < -0.4 is 0 Å². The molecule has 2 fully saturated rings. The fourth-order valence-corrected chi connectivity index (χ4v) is 3.08. The van der Waals surface area contributed by atoms with E-state index < -0.39 is 5.60 Å². The number of ether oxygens (including phenoxy) is 1. The summed E-state index contributed by atoms with van der Waals surface area (Å²) in [5, 5.41) is 10.1. The standard InChI is InChI=1S/C15H28N2O3/c1-15(2,3)20-14(19)17-10-8-16(9-11-17)12-6-4-5-7-13(12)18/h12-13,18H,4-11H2,1-3H3. The van der Waals surface area contributed by atoms with Gasteiger partial charge >= 0.3 is 6.09 Å². The molecule has 1 saturated heterocycles. The van der Waals surface area contributed by atoms with Crippen molar-refractivity contribution >= 4 is 6.09 Å². The van der Waals surface area contributed by atoms with Crippen molar-refractivity contribution in [2.45, 2.75) is 64.2 Å². The highest BCUT2D eigenvalue weighted by Crippen LogP contribution is 2.24. The molecule has 5 heteroatoms. The number of rotatable bonds is 1. The minimum atomic E-state index is -0.437. The van der Waals surface area contributed by atoms with Gasteiger partial charge in [0.25, 0.3) is 0 Å². The number of piperazine rings is 1. The number of carbonyl (C=O) groups excluding carboxylic acids is 1. The molecule has 0 aromatic rings. The van der Waals surface area contributed by atoms with Gasteiger partial charge in [-0.15, -0.1) is 0 Å². The van der Waals surface area contributed by atoms with E-state index in [1.807, 2.05) is 20.8 Å². The molecule has 116 valence electrons. The van der Waals surface area contributed by atoms with E-state index in [1.165, 1.54) is 6.42 Å². The van der Waals surface area contributed by atoms with Gasteiger partial charge in [-0.05, 0) is 33.6 Å². The SMILES string of the molecule is CC(C)(C)OC(=O)N1CCN(C2CCCCC2O)CC1. The summed E-state index contributed by atoms with van der Waals surface area (Å²) in [5.74, 6) is 0. The molecule has 0 aromatic carbocycles. The van der Waals surface area contributed by atoms with Crippen LogP contribution in [0.25, 0.3) is 0 Å². The van der Waals surface area contributed by atoms with Gasteiger partial charge < -0.3 is 14.7 Å². The molecular weight excluding hydrogens is 256 g/mol. The summed E-state index contributed by atoms with van der Waals surface area (Å²) < 4.78 is 5.40. The summed E-state index contributed by atoms with van der Waals surface area (Å²) in [6.07, 6.45) is 3.91. The average molecular weight is 284 g/mol. The fourth-order valence-electron chi connectivity index (χ4n) is 3.08. The molecule has 5 nitrogen and oxygen atoms in total. The molecule has 1 saturated carbocycles. The molecule has 20 heavy (non-hydrogen) atoms. The van der Waals surface area contributed by atoms with E-state index in [9.17, 15) is 9.90 Å². The largest absolute Gasteiger partial charge is 0.444 e. The van der Waals surface area contributed by atoms with Crippen LogP contribution in [0.4, 0.5) is 4.79 Å². The first-order chi connectivity index (χ1) is 9.37. The van der Waals surface area contributed by atoms with Crippen LogP contribution in [0.1, 0.15) is 46.5 Å². The highest BCUT2D eigenvalue weighted by atomic mass is 16.6. The minimum Gasteiger partial charge on any atom is -0.444 e. The van der Waals surface area contributed by atoms with Crippen LogP contribution in [-0.4, -0.2) is 64.9 Å². The molecule has 0 radical (unpaired) electrons. The van der Waals surface area contributed by atoms with Crippen molar-refractivity contribution in [2.75, 3.05) is 26.2 Å². The second kappa shape index (κ2) is 6.31. The third-order valence-electron chi connectivity index (χ3n) is 4.13. The van der Waals surface area contributed by atoms with Gasteiger partial charge in [-0.1, -0.05) is 12.8 Å².